The van der Waals surface area contributed by atoms with Gasteiger partial charge in [-0.1, -0.05) is 12.8 Å². The number of anilines is 1. The summed E-state index contributed by atoms with van der Waals surface area (Å²) in [7, 11) is -0.736. The summed E-state index contributed by atoms with van der Waals surface area (Å²) in [4.78, 5) is 0.192. The van der Waals surface area contributed by atoms with E-state index in [0.717, 1.165) is 25.7 Å². The van der Waals surface area contributed by atoms with Crippen LogP contribution in [0.5, 0.6) is 11.5 Å². The van der Waals surface area contributed by atoms with Crippen LogP contribution in [0.15, 0.2) is 29.3 Å². The van der Waals surface area contributed by atoms with Crippen LogP contribution in [0.3, 0.4) is 0 Å². The van der Waals surface area contributed by atoms with E-state index >= 15 is 0 Å². The lowest BCUT2D eigenvalue weighted by molar-refractivity contribution is 0.395. The molecule has 3 rings (SSSR count). The number of benzene rings is 1. The second-order valence-electron chi connectivity index (χ2n) is 6.17. The lowest BCUT2D eigenvalue weighted by Gasteiger charge is -2.12. The normalized spacial score (nSPS) is 15.3. The third kappa shape index (κ3) is 3.58. The Labute approximate surface area is 148 Å². The molecule has 1 N–H and O–H groups in total. The molecule has 1 aromatic carbocycles. The minimum atomic E-state index is -3.76. The molecular formula is C17H23N3O4S. The molecule has 136 valence electrons. The lowest BCUT2D eigenvalue weighted by Crippen LogP contribution is -2.14. The number of ether oxygens (including phenoxy) is 2. The van der Waals surface area contributed by atoms with Crippen molar-refractivity contribution in [3.8, 4) is 11.5 Å². The Morgan fingerprint density at radius 1 is 1.20 bits per heavy atom. The van der Waals surface area contributed by atoms with Gasteiger partial charge >= 0.3 is 0 Å². The summed E-state index contributed by atoms with van der Waals surface area (Å²) in [5, 5.41) is 4.42. The zero-order valence-corrected chi connectivity index (χ0v) is 15.5. The number of rotatable bonds is 6. The van der Waals surface area contributed by atoms with Gasteiger partial charge in [-0.15, -0.1) is 0 Å². The third-order valence-electron chi connectivity index (χ3n) is 4.51. The van der Waals surface area contributed by atoms with Gasteiger partial charge in [0.2, 0.25) is 0 Å². The predicted molar refractivity (Wildman–Crippen MR) is 94.8 cm³/mol. The maximum absolute atomic E-state index is 12.8. The van der Waals surface area contributed by atoms with E-state index in [4.69, 9.17) is 9.47 Å². The van der Waals surface area contributed by atoms with Gasteiger partial charge in [0.1, 0.15) is 16.4 Å². The predicted octanol–water partition coefficient (Wildman–Crippen LogP) is 3.12. The number of aryl methyl sites for hydroxylation is 1. The second kappa shape index (κ2) is 6.95. The van der Waals surface area contributed by atoms with Gasteiger partial charge in [-0.2, -0.15) is 5.10 Å². The van der Waals surface area contributed by atoms with Crippen molar-refractivity contribution < 1.29 is 17.9 Å². The number of aromatic nitrogens is 2. The number of methoxy groups -OCH3 is 2. The number of nitrogens with zero attached hydrogens (tertiary/aromatic N) is 2. The molecule has 0 spiro atoms. The number of hydrogen-bond donors (Lipinski definition) is 1. The van der Waals surface area contributed by atoms with E-state index in [0.29, 0.717) is 22.9 Å². The van der Waals surface area contributed by atoms with Crippen LogP contribution >= 0.6 is 0 Å². The Morgan fingerprint density at radius 2 is 1.92 bits per heavy atom. The van der Waals surface area contributed by atoms with E-state index < -0.39 is 10.0 Å². The lowest BCUT2D eigenvalue weighted by atomic mass is 10.3. The van der Waals surface area contributed by atoms with Crippen LogP contribution < -0.4 is 14.2 Å². The van der Waals surface area contributed by atoms with Crippen molar-refractivity contribution in [2.45, 2.75) is 43.5 Å². The van der Waals surface area contributed by atoms with Gasteiger partial charge in [-0.05, 0) is 31.9 Å². The topological polar surface area (TPSA) is 82.5 Å². The molecule has 1 aliphatic rings. The van der Waals surface area contributed by atoms with Crippen molar-refractivity contribution in [1.29, 1.82) is 0 Å². The fourth-order valence-corrected chi connectivity index (χ4v) is 4.41. The van der Waals surface area contributed by atoms with Gasteiger partial charge in [0.15, 0.2) is 0 Å². The van der Waals surface area contributed by atoms with Crippen molar-refractivity contribution in [3.63, 3.8) is 0 Å². The van der Waals surface area contributed by atoms with Gasteiger partial charge in [-0.25, -0.2) is 8.42 Å². The van der Waals surface area contributed by atoms with Gasteiger partial charge in [0, 0.05) is 12.3 Å². The van der Waals surface area contributed by atoms with Gasteiger partial charge in [-0.3, -0.25) is 9.40 Å². The molecule has 0 bridgehead atoms. The third-order valence-corrected chi connectivity index (χ3v) is 5.98. The molecule has 0 saturated heterocycles. The minimum absolute atomic E-state index is 0.192. The van der Waals surface area contributed by atoms with Crippen LogP contribution in [0.2, 0.25) is 0 Å². The molecule has 1 saturated carbocycles. The van der Waals surface area contributed by atoms with Crippen LogP contribution in [-0.2, 0) is 10.0 Å². The highest BCUT2D eigenvalue weighted by molar-refractivity contribution is 7.92. The maximum Gasteiger partial charge on any atom is 0.265 e. The van der Waals surface area contributed by atoms with Gasteiger partial charge in [0.25, 0.3) is 10.0 Å². The molecule has 1 fully saturated rings. The Kier molecular flexibility index (Phi) is 4.89. The van der Waals surface area contributed by atoms with Gasteiger partial charge in [0.05, 0.1) is 31.6 Å². The van der Waals surface area contributed by atoms with Crippen LogP contribution in [0.1, 0.15) is 37.4 Å². The van der Waals surface area contributed by atoms with E-state index in [1.54, 1.807) is 43.1 Å². The SMILES string of the molecule is COc1ccc(NS(=O)(=O)c2cn(C3CCCC3)nc2C)c(OC)c1. The van der Waals surface area contributed by atoms with E-state index in [1.165, 1.54) is 7.11 Å². The standard InChI is InChI=1S/C17H23N3O4S/c1-12-17(11-20(18-12)13-6-4-5-7-13)25(21,22)19-15-9-8-14(23-2)10-16(15)24-3/h8-11,13,19H,4-7H2,1-3H3. The van der Waals surface area contributed by atoms with Crippen molar-refractivity contribution in [2.24, 2.45) is 0 Å². The van der Waals surface area contributed by atoms with Crippen LogP contribution in [0, 0.1) is 6.92 Å². The summed E-state index contributed by atoms with van der Waals surface area (Å²) in [5.74, 6) is 0.980. The molecule has 25 heavy (non-hydrogen) atoms. The van der Waals surface area contributed by atoms with Crippen molar-refractivity contribution in [2.75, 3.05) is 18.9 Å². The molecule has 1 aliphatic carbocycles. The van der Waals surface area contributed by atoms with Crippen molar-refractivity contribution in [1.82, 2.24) is 9.78 Å². The molecule has 2 aromatic rings. The highest BCUT2D eigenvalue weighted by Gasteiger charge is 2.25. The summed E-state index contributed by atoms with van der Waals surface area (Å²) in [6.07, 6.45) is 6.03. The maximum atomic E-state index is 12.8. The molecule has 0 atom stereocenters. The summed E-state index contributed by atoms with van der Waals surface area (Å²) in [5.41, 5.74) is 0.850. The first kappa shape index (κ1) is 17.6. The number of hydrogen-bond acceptors (Lipinski definition) is 5. The van der Waals surface area contributed by atoms with E-state index in [1.807, 2.05) is 0 Å². The summed E-state index contributed by atoms with van der Waals surface area (Å²) < 4.78 is 40.4. The van der Waals surface area contributed by atoms with Crippen LogP contribution in [0.4, 0.5) is 5.69 Å². The zero-order chi connectivity index (χ0) is 18.0. The van der Waals surface area contributed by atoms with E-state index in [2.05, 4.69) is 9.82 Å². The van der Waals surface area contributed by atoms with Crippen LogP contribution in [-0.4, -0.2) is 32.4 Å². The average molecular weight is 365 g/mol. The highest BCUT2D eigenvalue weighted by atomic mass is 32.2. The second-order valence-corrected chi connectivity index (χ2v) is 7.82. The quantitative estimate of drug-likeness (QED) is 0.850. The first-order valence-corrected chi connectivity index (χ1v) is 9.73. The van der Waals surface area contributed by atoms with Crippen LogP contribution in [0.25, 0.3) is 0 Å². The molecule has 7 nitrogen and oxygen atoms in total. The Hall–Kier alpha value is -2.22. The fraction of sp³-hybridized carbons (Fsp3) is 0.471. The fourth-order valence-electron chi connectivity index (χ4n) is 3.17. The highest BCUT2D eigenvalue weighted by Crippen LogP contribution is 2.33. The Morgan fingerprint density at radius 3 is 2.56 bits per heavy atom. The monoisotopic (exact) mass is 365 g/mol. The molecule has 0 aliphatic heterocycles. The smallest absolute Gasteiger partial charge is 0.265 e. The Bertz CT molecular complexity index is 855. The molecule has 0 unspecified atom stereocenters. The summed E-state index contributed by atoms with van der Waals surface area (Å²) >= 11 is 0. The largest absolute Gasteiger partial charge is 0.497 e. The summed E-state index contributed by atoms with van der Waals surface area (Å²) in [6.45, 7) is 1.71. The Balaban J connectivity index is 1.90. The van der Waals surface area contributed by atoms with E-state index in [9.17, 15) is 8.42 Å². The molecule has 0 amide bonds. The first-order valence-electron chi connectivity index (χ1n) is 8.25. The van der Waals surface area contributed by atoms with Crippen molar-refractivity contribution >= 4 is 15.7 Å². The molecule has 1 heterocycles. The molecule has 0 radical (unpaired) electrons. The van der Waals surface area contributed by atoms with Crippen molar-refractivity contribution in [3.05, 3.63) is 30.1 Å². The first-order chi connectivity index (χ1) is 11.9. The van der Waals surface area contributed by atoms with E-state index in [-0.39, 0.29) is 10.9 Å². The molecule has 1 aromatic heterocycles. The number of sulfonamides is 1. The molecular weight excluding hydrogens is 342 g/mol. The average Bonchev–Trinajstić information content (AvgIpc) is 3.24. The summed E-state index contributed by atoms with van der Waals surface area (Å²) in [6, 6.07) is 5.21. The number of nitrogens with one attached hydrogen (secondary N) is 1. The minimum Gasteiger partial charge on any atom is -0.497 e. The zero-order valence-electron chi connectivity index (χ0n) is 14.7. The van der Waals surface area contributed by atoms with Gasteiger partial charge < -0.3 is 9.47 Å². The molecule has 8 heteroatoms.